The maximum Gasteiger partial charge on any atom is 0.228 e. The summed E-state index contributed by atoms with van der Waals surface area (Å²) < 4.78 is 0. The number of hydrogen-bond donors (Lipinski definition) is 0. The number of alkyl halides is 1. The summed E-state index contributed by atoms with van der Waals surface area (Å²) in [4.78, 5) is 14.1. The van der Waals surface area contributed by atoms with Gasteiger partial charge in [0.2, 0.25) is 5.91 Å². The highest BCUT2D eigenvalue weighted by Crippen LogP contribution is 2.28. The molecule has 1 saturated heterocycles. The van der Waals surface area contributed by atoms with Gasteiger partial charge in [0, 0.05) is 18.5 Å². The lowest BCUT2D eigenvalue weighted by Crippen LogP contribution is -2.48. The summed E-state index contributed by atoms with van der Waals surface area (Å²) in [5.74, 6) is 0.781. The van der Waals surface area contributed by atoms with Crippen LogP contribution >= 0.6 is 11.6 Å². The number of piperidine rings is 1. The van der Waals surface area contributed by atoms with Crippen molar-refractivity contribution in [1.82, 2.24) is 4.90 Å². The van der Waals surface area contributed by atoms with Gasteiger partial charge in [0.15, 0.2) is 0 Å². The van der Waals surface area contributed by atoms with Crippen LogP contribution in [0.25, 0.3) is 0 Å². The van der Waals surface area contributed by atoms with Crippen LogP contribution in [0.2, 0.25) is 0 Å². The van der Waals surface area contributed by atoms with Gasteiger partial charge >= 0.3 is 0 Å². The Kier molecular flexibility index (Phi) is 4.05. The zero-order valence-electron chi connectivity index (χ0n) is 10.2. The molecule has 3 heteroatoms. The lowest BCUT2D eigenvalue weighted by Gasteiger charge is -2.38. The number of carbonyl (C=O) groups is 1. The van der Waals surface area contributed by atoms with Crippen LogP contribution < -0.4 is 0 Å². The highest BCUT2D eigenvalue weighted by Gasteiger charge is 2.34. The van der Waals surface area contributed by atoms with E-state index < -0.39 is 0 Å². The van der Waals surface area contributed by atoms with E-state index in [4.69, 9.17) is 11.6 Å². The Hall–Kier alpha value is -0.240. The molecule has 15 heavy (non-hydrogen) atoms. The molecule has 2 unspecified atom stereocenters. The molecule has 0 aromatic carbocycles. The lowest BCUT2D eigenvalue weighted by molar-refractivity contribution is -0.141. The molecule has 0 aliphatic carbocycles. The Labute approximate surface area is 98.0 Å². The minimum Gasteiger partial charge on any atom is -0.341 e. The second kappa shape index (κ2) is 4.73. The molecule has 0 radical (unpaired) electrons. The number of carbonyl (C=O) groups excluding carboxylic acids is 1. The summed E-state index contributed by atoms with van der Waals surface area (Å²) in [6, 6.07) is 0. The van der Waals surface area contributed by atoms with Crippen molar-refractivity contribution in [3.05, 3.63) is 0 Å². The van der Waals surface area contributed by atoms with Crippen LogP contribution in [0.1, 0.15) is 40.5 Å². The zero-order chi connectivity index (χ0) is 11.6. The van der Waals surface area contributed by atoms with E-state index in [1.807, 2.05) is 18.7 Å². The Morgan fingerprint density at radius 3 is 2.60 bits per heavy atom. The highest BCUT2D eigenvalue weighted by molar-refractivity contribution is 6.21. The van der Waals surface area contributed by atoms with Crippen LogP contribution in [0, 0.1) is 11.3 Å². The molecule has 0 bridgehead atoms. The second-order valence-corrected chi connectivity index (χ2v) is 5.83. The van der Waals surface area contributed by atoms with Gasteiger partial charge in [0.05, 0.1) is 5.38 Å². The standard InChI is InChI=1S/C12H22ClNO/c1-5-12(3,4)11(15)14-7-6-9(2)10(13)8-14/h9-10H,5-8H2,1-4H3. The number of rotatable bonds is 2. The number of halogens is 1. The van der Waals surface area contributed by atoms with E-state index in [9.17, 15) is 4.79 Å². The SMILES string of the molecule is CCC(C)(C)C(=O)N1CCC(C)C(Cl)C1. The van der Waals surface area contributed by atoms with Crippen molar-refractivity contribution >= 4 is 17.5 Å². The van der Waals surface area contributed by atoms with Crippen LogP contribution in [-0.2, 0) is 4.79 Å². The van der Waals surface area contributed by atoms with Gasteiger partial charge in [-0.25, -0.2) is 0 Å². The predicted octanol–water partition coefficient (Wildman–Crippen LogP) is 2.90. The van der Waals surface area contributed by atoms with Crippen molar-refractivity contribution in [2.24, 2.45) is 11.3 Å². The van der Waals surface area contributed by atoms with E-state index in [1.54, 1.807) is 0 Å². The highest BCUT2D eigenvalue weighted by atomic mass is 35.5. The number of likely N-dealkylation sites (tertiary alicyclic amines) is 1. The second-order valence-electron chi connectivity index (χ2n) is 5.27. The fourth-order valence-electron chi connectivity index (χ4n) is 1.79. The van der Waals surface area contributed by atoms with Crippen molar-refractivity contribution in [2.75, 3.05) is 13.1 Å². The molecule has 0 aromatic rings. The van der Waals surface area contributed by atoms with Gasteiger partial charge in [0.1, 0.15) is 0 Å². The van der Waals surface area contributed by atoms with Crippen LogP contribution in [0.15, 0.2) is 0 Å². The maximum absolute atomic E-state index is 12.2. The largest absolute Gasteiger partial charge is 0.341 e. The first-order chi connectivity index (χ1) is 6.88. The van der Waals surface area contributed by atoms with Gasteiger partial charge in [0.25, 0.3) is 0 Å². The van der Waals surface area contributed by atoms with Crippen LogP contribution in [0.4, 0.5) is 0 Å². The average Bonchev–Trinajstić information content (AvgIpc) is 2.21. The van der Waals surface area contributed by atoms with Gasteiger partial charge < -0.3 is 4.90 Å². The normalized spacial score (nSPS) is 27.9. The van der Waals surface area contributed by atoms with Crippen molar-refractivity contribution in [1.29, 1.82) is 0 Å². The minimum atomic E-state index is -0.239. The molecule has 88 valence electrons. The molecule has 1 aliphatic heterocycles. The van der Waals surface area contributed by atoms with Crippen molar-refractivity contribution < 1.29 is 4.79 Å². The maximum atomic E-state index is 12.2. The lowest BCUT2D eigenvalue weighted by atomic mass is 9.87. The molecular formula is C12H22ClNO. The summed E-state index contributed by atoms with van der Waals surface area (Å²) in [5, 5.41) is 0.121. The monoisotopic (exact) mass is 231 g/mol. The third-order valence-corrected chi connectivity index (χ3v) is 4.18. The zero-order valence-corrected chi connectivity index (χ0v) is 11.0. The summed E-state index contributed by atoms with van der Waals surface area (Å²) in [6.07, 6.45) is 1.91. The van der Waals surface area contributed by atoms with E-state index in [1.165, 1.54) is 0 Å². The van der Waals surface area contributed by atoms with Crippen molar-refractivity contribution in [3.8, 4) is 0 Å². The Morgan fingerprint density at radius 1 is 1.53 bits per heavy atom. The van der Waals surface area contributed by atoms with E-state index in [2.05, 4.69) is 13.8 Å². The fraction of sp³-hybridized carbons (Fsp3) is 0.917. The van der Waals surface area contributed by atoms with E-state index in [0.717, 1.165) is 19.4 Å². The minimum absolute atomic E-state index is 0.121. The molecule has 1 fully saturated rings. The van der Waals surface area contributed by atoms with Crippen LogP contribution in [0.5, 0.6) is 0 Å². The van der Waals surface area contributed by atoms with Gasteiger partial charge in [-0.05, 0) is 18.8 Å². The third kappa shape index (κ3) is 2.87. The average molecular weight is 232 g/mol. The third-order valence-electron chi connectivity index (χ3n) is 3.62. The number of hydrogen-bond acceptors (Lipinski definition) is 1. The van der Waals surface area contributed by atoms with Crippen molar-refractivity contribution in [2.45, 2.75) is 45.9 Å². The first kappa shape index (κ1) is 12.8. The molecule has 1 aliphatic rings. The summed E-state index contributed by atoms with van der Waals surface area (Å²) >= 11 is 6.21. The van der Waals surface area contributed by atoms with E-state index >= 15 is 0 Å². The molecule has 0 saturated carbocycles. The predicted molar refractivity (Wildman–Crippen MR) is 64.1 cm³/mol. The summed E-state index contributed by atoms with van der Waals surface area (Å²) in [5.41, 5.74) is -0.239. The van der Waals surface area contributed by atoms with Crippen LogP contribution in [-0.4, -0.2) is 29.3 Å². The summed E-state index contributed by atoms with van der Waals surface area (Å²) in [7, 11) is 0. The fourth-order valence-corrected chi connectivity index (χ4v) is 2.08. The van der Waals surface area contributed by atoms with Crippen molar-refractivity contribution in [3.63, 3.8) is 0 Å². The van der Waals surface area contributed by atoms with Gasteiger partial charge in [-0.3, -0.25) is 4.79 Å². The first-order valence-corrected chi connectivity index (χ1v) is 6.25. The molecule has 2 atom stereocenters. The topological polar surface area (TPSA) is 20.3 Å². The van der Waals surface area contributed by atoms with E-state index in [-0.39, 0.29) is 16.7 Å². The molecular weight excluding hydrogens is 210 g/mol. The van der Waals surface area contributed by atoms with Gasteiger partial charge in [-0.2, -0.15) is 0 Å². The number of nitrogens with zero attached hydrogens (tertiary/aromatic N) is 1. The molecule has 1 rings (SSSR count). The van der Waals surface area contributed by atoms with E-state index in [0.29, 0.717) is 12.5 Å². The smallest absolute Gasteiger partial charge is 0.228 e. The molecule has 0 aromatic heterocycles. The first-order valence-electron chi connectivity index (χ1n) is 5.82. The quantitative estimate of drug-likeness (QED) is 0.670. The molecule has 2 nitrogen and oxygen atoms in total. The Morgan fingerprint density at radius 2 is 2.13 bits per heavy atom. The molecule has 1 amide bonds. The molecule has 0 spiro atoms. The van der Waals surface area contributed by atoms with Crippen LogP contribution in [0.3, 0.4) is 0 Å². The Balaban J connectivity index is 2.62. The summed E-state index contributed by atoms with van der Waals surface area (Å²) in [6.45, 7) is 9.82. The number of amides is 1. The Bertz CT molecular complexity index is 240. The molecule has 1 heterocycles. The van der Waals surface area contributed by atoms with Gasteiger partial charge in [-0.15, -0.1) is 11.6 Å². The molecule has 0 N–H and O–H groups in total. The van der Waals surface area contributed by atoms with Gasteiger partial charge in [-0.1, -0.05) is 27.7 Å².